The maximum atomic E-state index is 11.8. The normalized spacial score (nSPS) is 20.8. The van der Waals surface area contributed by atoms with E-state index in [-0.39, 0.29) is 4.75 Å². The van der Waals surface area contributed by atoms with E-state index in [1.807, 2.05) is 13.8 Å². The minimum Gasteiger partial charge on any atom is -0.480 e. The third-order valence-electron chi connectivity index (χ3n) is 2.49. The summed E-state index contributed by atoms with van der Waals surface area (Å²) in [4.78, 5) is 24.1. The molecular weight excluding hydrogens is 244 g/mol. The van der Waals surface area contributed by atoms with Crippen LogP contribution in [-0.4, -0.2) is 63.4 Å². The van der Waals surface area contributed by atoms with Crippen molar-refractivity contribution in [1.29, 1.82) is 0 Å². The highest BCUT2D eigenvalue weighted by atomic mass is 32.2. The van der Waals surface area contributed by atoms with Gasteiger partial charge >= 0.3 is 12.0 Å². The van der Waals surface area contributed by atoms with Crippen LogP contribution in [0.15, 0.2) is 0 Å². The Morgan fingerprint density at radius 1 is 1.53 bits per heavy atom. The summed E-state index contributed by atoms with van der Waals surface area (Å²) >= 11 is 1.79. The molecule has 3 N–H and O–H groups in total. The van der Waals surface area contributed by atoms with E-state index in [1.54, 1.807) is 16.7 Å². The van der Waals surface area contributed by atoms with Gasteiger partial charge in [0.15, 0.2) is 6.04 Å². The molecule has 0 bridgehead atoms. The highest BCUT2D eigenvalue weighted by Crippen LogP contribution is 2.29. The molecule has 1 atom stereocenters. The van der Waals surface area contributed by atoms with Gasteiger partial charge in [-0.05, 0) is 13.8 Å². The lowest BCUT2D eigenvalue weighted by Gasteiger charge is -2.37. The summed E-state index contributed by atoms with van der Waals surface area (Å²) in [6.45, 7) is 4.64. The summed E-state index contributed by atoms with van der Waals surface area (Å²) in [7, 11) is 0. The molecule has 1 aliphatic rings. The van der Waals surface area contributed by atoms with Crippen molar-refractivity contribution in [3.63, 3.8) is 0 Å². The third kappa shape index (κ3) is 4.08. The molecule has 17 heavy (non-hydrogen) atoms. The molecule has 0 aromatic carbocycles. The number of carbonyl (C=O) groups excluding carboxylic acids is 1. The fourth-order valence-electron chi connectivity index (χ4n) is 1.62. The van der Waals surface area contributed by atoms with Crippen LogP contribution in [0.3, 0.4) is 0 Å². The highest BCUT2D eigenvalue weighted by molar-refractivity contribution is 8.00. The molecule has 2 amide bonds. The lowest BCUT2D eigenvalue weighted by molar-refractivity contribution is -0.140. The second-order valence-electron chi connectivity index (χ2n) is 4.55. The van der Waals surface area contributed by atoms with Gasteiger partial charge in [0, 0.05) is 23.6 Å². The van der Waals surface area contributed by atoms with Gasteiger partial charge in [0.1, 0.15) is 0 Å². The SMILES string of the molecule is CC1(C)CN(C(=O)N[C@H](CO)C(=O)O)CCS1. The molecule has 1 saturated heterocycles. The van der Waals surface area contributed by atoms with Crippen LogP contribution in [0.4, 0.5) is 4.79 Å². The topological polar surface area (TPSA) is 89.9 Å². The number of urea groups is 1. The van der Waals surface area contributed by atoms with E-state index in [1.165, 1.54) is 0 Å². The lowest BCUT2D eigenvalue weighted by atomic mass is 10.2. The molecule has 7 heteroatoms. The summed E-state index contributed by atoms with van der Waals surface area (Å²) in [5.41, 5.74) is 0. The fourth-order valence-corrected chi connectivity index (χ4v) is 2.73. The zero-order valence-corrected chi connectivity index (χ0v) is 10.8. The Kier molecular flexibility index (Phi) is 4.64. The largest absolute Gasteiger partial charge is 0.480 e. The number of carboxylic acids is 1. The van der Waals surface area contributed by atoms with E-state index in [0.29, 0.717) is 13.1 Å². The average molecular weight is 262 g/mol. The Balaban J connectivity index is 2.55. The summed E-state index contributed by atoms with van der Waals surface area (Å²) in [5.74, 6) is -0.399. The second kappa shape index (κ2) is 5.59. The molecule has 1 aliphatic heterocycles. The summed E-state index contributed by atoms with van der Waals surface area (Å²) in [6.07, 6.45) is 0. The van der Waals surface area contributed by atoms with Crippen LogP contribution in [0.25, 0.3) is 0 Å². The first-order valence-electron chi connectivity index (χ1n) is 5.39. The van der Waals surface area contributed by atoms with Crippen LogP contribution < -0.4 is 5.32 Å². The Bertz CT molecular complexity index is 309. The first-order chi connectivity index (χ1) is 7.85. The number of rotatable bonds is 3. The van der Waals surface area contributed by atoms with Crippen LogP contribution in [0, 0.1) is 0 Å². The molecule has 98 valence electrons. The second-order valence-corrected chi connectivity index (χ2v) is 6.35. The van der Waals surface area contributed by atoms with Gasteiger partial charge < -0.3 is 20.4 Å². The molecule has 6 nitrogen and oxygen atoms in total. The predicted octanol–water partition coefficient (Wildman–Crippen LogP) is -0.0311. The number of hydrogen-bond acceptors (Lipinski definition) is 4. The minimum absolute atomic E-state index is 0.0203. The molecule has 0 radical (unpaired) electrons. The van der Waals surface area contributed by atoms with Crippen molar-refractivity contribution < 1.29 is 19.8 Å². The van der Waals surface area contributed by atoms with Gasteiger partial charge in [-0.2, -0.15) is 11.8 Å². The van der Waals surface area contributed by atoms with Gasteiger partial charge in [0.05, 0.1) is 6.61 Å². The third-order valence-corrected chi connectivity index (χ3v) is 3.79. The molecule has 1 fully saturated rings. The van der Waals surface area contributed by atoms with Gasteiger partial charge in [-0.3, -0.25) is 0 Å². The number of amides is 2. The zero-order valence-electron chi connectivity index (χ0n) is 9.97. The number of thioether (sulfide) groups is 1. The number of nitrogens with zero attached hydrogens (tertiary/aromatic N) is 1. The van der Waals surface area contributed by atoms with Gasteiger partial charge in [0.25, 0.3) is 0 Å². The van der Waals surface area contributed by atoms with E-state index < -0.39 is 24.6 Å². The highest BCUT2D eigenvalue weighted by Gasteiger charge is 2.31. The van der Waals surface area contributed by atoms with Gasteiger partial charge in [-0.1, -0.05) is 0 Å². The van der Waals surface area contributed by atoms with Crippen molar-refractivity contribution in [2.45, 2.75) is 24.6 Å². The Labute approximate surface area is 104 Å². The smallest absolute Gasteiger partial charge is 0.328 e. The van der Waals surface area contributed by atoms with Crippen LogP contribution >= 0.6 is 11.8 Å². The molecule has 0 aromatic rings. The van der Waals surface area contributed by atoms with Crippen molar-refractivity contribution in [3.8, 4) is 0 Å². The Morgan fingerprint density at radius 3 is 2.65 bits per heavy atom. The number of hydrogen-bond donors (Lipinski definition) is 3. The minimum atomic E-state index is -1.24. The molecule has 0 unspecified atom stereocenters. The molecule has 0 saturated carbocycles. The summed E-state index contributed by atoms with van der Waals surface area (Å²) < 4.78 is -0.0203. The first-order valence-corrected chi connectivity index (χ1v) is 6.37. The average Bonchev–Trinajstić information content (AvgIpc) is 2.23. The van der Waals surface area contributed by atoms with Gasteiger partial charge in [-0.25, -0.2) is 9.59 Å². The van der Waals surface area contributed by atoms with Gasteiger partial charge in [-0.15, -0.1) is 0 Å². The van der Waals surface area contributed by atoms with Crippen molar-refractivity contribution in [2.75, 3.05) is 25.4 Å². The number of nitrogens with one attached hydrogen (secondary N) is 1. The quantitative estimate of drug-likeness (QED) is 0.664. The van der Waals surface area contributed by atoms with Gasteiger partial charge in [0.2, 0.25) is 0 Å². The molecule has 0 aliphatic carbocycles. The number of aliphatic hydroxyl groups excluding tert-OH is 1. The van der Waals surface area contributed by atoms with Crippen LogP contribution in [0.2, 0.25) is 0 Å². The maximum Gasteiger partial charge on any atom is 0.328 e. The Hall–Kier alpha value is -0.950. The van der Waals surface area contributed by atoms with Crippen LogP contribution in [0.1, 0.15) is 13.8 Å². The molecule has 1 heterocycles. The van der Waals surface area contributed by atoms with Crippen LogP contribution in [0.5, 0.6) is 0 Å². The number of aliphatic hydroxyl groups is 1. The molecule has 0 spiro atoms. The standard InChI is InChI=1S/C10H18N2O4S/c1-10(2)6-12(3-4-17-10)9(16)11-7(5-13)8(14)15/h7,13H,3-6H2,1-2H3,(H,11,16)(H,14,15)/t7-/m1/s1. The van der Waals surface area contributed by atoms with E-state index in [4.69, 9.17) is 10.2 Å². The van der Waals surface area contributed by atoms with Crippen LogP contribution in [-0.2, 0) is 4.79 Å². The van der Waals surface area contributed by atoms with E-state index in [9.17, 15) is 9.59 Å². The molecule has 1 rings (SSSR count). The predicted molar refractivity (Wildman–Crippen MR) is 65.2 cm³/mol. The van der Waals surface area contributed by atoms with Crippen molar-refractivity contribution >= 4 is 23.8 Å². The number of carboxylic acid groups (broad SMARTS) is 1. The Morgan fingerprint density at radius 2 is 2.18 bits per heavy atom. The fraction of sp³-hybridized carbons (Fsp3) is 0.800. The van der Waals surface area contributed by atoms with E-state index in [2.05, 4.69) is 5.32 Å². The monoisotopic (exact) mass is 262 g/mol. The summed E-state index contributed by atoms with van der Waals surface area (Å²) in [5, 5.41) is 19.9. The van der Waals surface area contributed by atoms with Crippen molar-refractivity contribution in [2.24, 2.45) is 0 Å². The van der Waals surface area contributed by atoms with E-state index >= 15 is 0 Å². The molecular formula is C10H18N2O4S. The maximum absolute atomic E-state index is 11.8. The zero-order chi connectivity index (χ0) is 13.1. The van der Waals surface area contributed by atoms with Crippen molar-refractivity contribution in [3.05, 3.63) is 0 Å². The van der Waals surface area contributed by atoms with E-state index in [0.717, 1.165) is 5.75 Å². The lowest BCUT2D eigenvalue weighted by Crippen LogP contribution is -2.54. The number of carbonyl (C=O) groups is 2. The summed E-state index contributed by atoms with van der Waals surface area (Å²) in [6, 6.07) is -1.67. The first kappa shape index (κ1) is 14.1. The molecule has 0 aromatic heterocycles. The number of aliphatic carboxylic acids is 1. The van der Waals surface area contributed by atoms with Crippen molar-refractivity contribution in [1.82, 2.24) is 10.2 Å².